The first-order chi connectivity index (χ1) is 9.02. The van der Waals surface area contributed by atoms with E-state index in [0.717, 1.165) is 0 Å². The summed E-state index contributed by atoms with van der Waals surface area (Å²) in [5.41, 5.74) is -2.40. The first-order valence-corrected chi connectivity index (χ1v) is 10.3. The Morgan fingerprint density at radius 3 is 2.11 bits per heavy atom. The summed E-state index contributed by atoms with van der Waals surface area (Å²) >= 11 is 6.64. The van der Waals surface area contributed by atoms with Crippen LogP contribution in [0.4, 0.5) is 0 Å². The molecule has 0 radical (unpaired) electrons. The molecule has 0 saturated heterocycles. The van der Waals surface area contributed by atoms with Gasteiger partial charge < -0.3 is 13.9 Å². The van der Waals surface area contributed by atoms with Gasteiger partial charge in [-0.3, -0.25) is 4.79 Å². The Kier molecular flexibility index (Phi) is 10.6. The molecule has 0 rings (SSSR count). The number of carbonyl (C=O) groups excluding carboxylic acids is 1. The van der Waals surface area contributed by atoms with Crippen LogP contribution in [0.3, 0.4) is 0 Å². The summed E-state index contributed by atoms with van der Waals surface area (Å²) in [5.74, 6) is 0.234. The van der Waals surface area contributed by atoms with E-state index in [-0.39, 0.29) is 11.7 Å². The third kappa shape index (κ3) is 7.90. The fourth-order valence-electron chi connectivity index (χ4n) is 1.24. The number of hydrogen-bond donors (Lipinski definition) is 0. The van der Waals surface area contributed by atoms with Crippen molar-refractivity contribution in [2.45, 2.75) is 13.8 Å². The molecule has 0 N–H and O–H groups in total. The van der Waals surface area contributed by atoms with Crippen molar-refractivity contribution in [3.63, 3.8) is 0 Å². The Labute approximate surface area is 125 Å². The van der Waals surface area contributed by atoms with Gasteiger partial charge in [-0.05, 0) is 25.7 Å². The number of rotatable bonds is 11. The van der Waals surface area contributed by atoms with E-state index >= 15 is 0 Å². The lowest BCUT2D eigenvalue weighted by Crippen LogP contribution is -2.32. The maximum absolute atomic E-state index is 12.0. The van der Waals surface area contributed by atoms with Gasteiger partial charge in [-0.1, -0.05) is 23.5 Å². The third-order valence-electron chi connectivity index (χ3n) is 1.97. The largest absolute Gasteiger partial charge is 0.335 e. The van der Waals surface area contributed by atoms with Gasteiger partial charge in [-0.25, -0.2) is 0 Å². The molecule has 0 aromatic heterocycles. The zero-order chi connectivity index (χ0) is 14.7. The van der Waals surface area contributed by atoms with Crippen LogP contribution in [-0.2, 0) is 25.6 Å². The molecule has 4 nitrogen and oxygen atoms in total. The summed E-state index contributed by atoms with van der Waals surface area (Å²) in [5, 5.41) is 0. The molecule has 0 bridgehead atoms. The first-order valence-electron chi connectivity index (χ1n) is 6.06. The van der Waals surface area contributed by atoms with Crippen LogP contribution < -0.4 is 0 Å². The van der Waals surface area contributed by atoms with Gasteiger partial charge in [-0.2, -0.15) is 0 Å². The van der Waals surface area contributed by atoms with Gasteiger partial charge in [0.2, 0.25) is 11.6 Å². The van der Waals surface area contributed by atoms with Gasteiger partial charge >= 0.3 is 0 Å². The van der Waals surface area contributed by atoms with E-state index < -0.39 is 5.69 Å². The topological polar surface area (TPSA) is 38.8 Å². The fraction of sp³-hybridized carbons (Fsp3) is 0.583. The molecule has 0 aromatic carbocycles. The molecule has 0 fully saturated rings. The highest BCUT2D eigenvalue weighted by molar-refractivity contribution is 8.68. The zero-order valence-electron chi connectivity index (χ0n) is 11.5. The summed E-state index contributed by atoms with van der Waals surface area (Å²) in [4.78, 5) is 13.7. The second-order valence-electron chi connectivity index (χ2n) is 3.43. The highest BCUT2D eigenvalue weighted by Crippen LogP contribution is 2.60. The van der Waals surface area contributed by atoms with Gasteiger partial charge in [0.05, 0.1) is 19.0 Å². The van der Waals surface area contributed by atoms with E-state index in [0.29, 0.717) is 26.3 Å². The average molecular weight is 323 g/mol. The quantitative estimate of drug-likeness (QED) is 0.431. The molecular formula is C12H22NO3PS2. The number of carbonyl (C=O) groups is 1. The molecule has 0 spiro atoms. The summed E-state index contributed by atoms with van der Waals surface area (Å²) in [6.07, 6.45) is 3.38. The lowest BCUT2D eigenvalue weighted by molar-refractivity contribution is -0.127. The van der Waals surface area contributed by atoms with Crippen molar-refractivity contribution >= 4 is 34.8 Å². The van der Waals surface area contributed by atoms with Crippen LogP contribution in [0.1, 0.15) is 13.8 Å². The highest BCUT2D eigenvalue weighted by atomic mass is 32.9. The Morgan fingerprint density at radius 2 is 1.74 bits per heavy atom. The van der Waals surface area contributed by atoms with Gasteiger partial charge in [0, 0.05) is 13.1 Å². The SMILES string of the molecule is C=CCN(CC=C)C(=O)CSP(=S)(OCC)OCC. The molecule has 19 heavy (non-hydrogen) atoms. The molecule has 0 aromatic rings. The van der Waals surface area contributed by atoms with Crippen LogP contribution in [0.25, 0.3) is 0 Å². The summed E-state index contributed by atoms with van der Waals surface area (Å²) in [6.45, 7) is 13.0. The van der Waals surface area contributed by atoms with Crippen LogP contribution in [0.15, 0.2) is 25.3 Å². The van der Waals surface area contributed by atoms with Gasteiger partial charge in [-0.15, -0.1) is 13.2 Å². The molecule has 0 aliphatic carbocycles. The zero-order valence-corrected chi connectivity index (χ0v) is 14.1. The number of amides is 1. The van der Waals surface area contributed by atoms with Crippen LogP contribution in [-0.4, -0.2) is 42.9 Å². The molecule has 0 unspecified atom stereocenters. The van der Waals surface area contributed by atoms with Crippen molar-refractivity contribution in [3.05, 3.63) is 25.3 Å². The van der Waals surface area contributed by atoms with Crippen molar-refractivity contribution in [3.8, 4) is 0 Å². The molecular weight excluding hydrogens is 301 g/mol. The van der Waals surface area contributed by atoms with Crippen LogP contribution in [0.5, 0.6) is 0 Å². The maximum atomic E-state index is 12.0. The smallest absolute Gasteiger partial charge is 0.247 e. The maximum Gasteiger partial charge on any atom is 0.247 e. The third-order valence-corrected chi connectivity index (χ3v) is 7.36. The minimum Gasteiger partial charge on any atom is -0.335 e. The highest BCUT2D eigenvalue weighted by Gasteiger charge is 2.22. The van der Waals surface area contributed by atoms with Crippen molar-refractivity contribution < 1.29 is 13.8 Å². The Morgan fingerprint density at radius 1 is 1.26 bits per heavy atom. The Hall–Kier alpha value is -0.130. The normalized spacial score (nSPS) is 11.1. The Balaban J connectivity index is 4.47. The Bertz CT molecular complexity index is 330. The number of nitrogens with zero attached hydrogens (tertiary/aromatic N) is 1. The summed E-state index contributed by atoms with van der Waals surface area (Å²) in [7, 11) is 0. The lowest BCUT2D eigenvalue weighted by atomic mass is 10.4. The van der Waals surface area contributed by atoms with Crippen LogP contribution in [0, 0.1) is 0 Å². The summed E-state index contributed by atoms with van der Waals surface area (Å²) in [6, 6.07) is 0. The molecule has 7 heteroatoms. The molecule has 0 aliphatic heterocycles. The molecule has 0 atom stereocenters. The average Bonchev–Trinajstić information content (AvgIpc) is 2.36. The van der Waals surface area contributed by atoms with Gasteiger partial charge in [0.25, 0.3) is 0 Å². The predicted octanol–water partition coefficient (Wildman–Crippen LogP) is 3.22. The molecule has 1 amide bonds. The molecule has 0 heterocycles. The van der Waals surface area contributed by atoms with Gasteiger partial charge in [0.15, 0.2) is 0 Å². The van der Waals surface area contributed by atoms with E-state index in [1.807, 2.05) is 13.8 Å². The van der Waals surface area contributed by atoms with Crippen molar-refractivity contribution in [2.75, 3.05) is 32.1 Å². The van der Waals surface area contributed by atoms with Crippen molar-refractivity contribution in [1.29, 1.82) is 0 Å². The van der Waals surface area contributed by atoms with Gasteiger partial charge in [0.1, 0.15) is 0 Å². The summed E-state index contributed by atoms with van der Waals surface area (Å²) < 4.78 is 11.0. The minimum absolute atomic E-state index is 0.0153. The first kappa shape index (κ1) is 18.9. The standard InChI is InChI=1S/C12H22NO3PS2/c1-5-9-13(10-6-2)12(14)11-19-17(18,15-7-3)16-8-4/h5-6H,1-2,7-11H2,3-4H3. The lowest BCUT2D eigenvalue weighted by Gasteiger charge is -2.23. The van der Waals surface area contributed by atoms with E-state index in [9.17, 15) is 4.79 Å². The second-order valence-corrected chi connectivity index (χ2v) is 9.74. The molecule has 110 valence electrons. The van der Waals surface area contributed by atoms with E-state index in [1.165, 1.54) is 11.4 Å². The monoisotopic (exact) mass is 323 g/mol. The molecule has 0 saturated carbocycles. The molecule has 0 aliphatic rings. The van der Waals surface area contributed by atoms with Crippen molar-refractivity contribution in [1.82, 2.24) is 4.90 Å². The second kappa shape index (κ2) is 10.6. The van der Waals surface area contributed by atoms with E-state index in [1.54, 1.807) is 17.1 Å². The predicted molar refractivity (Wildman–Crippen MR) is 87.0 cm³/mol. The van der Waals surface area contributed by atoms with Crippen molar-refractivity contribution in [2.24, 2.45) is 0 Å². The fourth-order valence-corrected chi connectivity index (χ4v) is 5.54. The van der Waals surface area contributed by atoms with E-state index in [4.69, 9.17) is 20.9 Å². The minimum atomic E-state index is -2.40. The van der Waals surface area contributed by atoms with E-state index in [2.05, 4.69) is 13.2 Å². The number of hydrogen-bond acceptors (Lipinski definition) is 5. The van der Waals surface area contributed by atoms with Crippen LogP contribution in [0.2, 0.25) is 0 Å². The van der Waals surface area contributed by atoms with Crippen LogP contribution >= 0.6 is 17.1 Å².